The van der Waals surface area contributed by atoms with E-state index in [0.717, 1.165) is 43.6 Å². The molecule has 2 aromatic carbocycles. The summed E-state index contributed by atoms with van der Waals surface area (Å²) < 4.78 is 90.8. The molecule has 218 valence electrons. The average Bonchev–Trinajstić information content (AvgIpc) is 3.71. The third-order valence-electron chi connectivity index (χ3n) is 7.05. The van der Waals surface area contributed by atoms with Gasteiger partial charge in [0.25, 0.3) is 0 Å². The Balaban J connectivity index is 1.33. The van der Waals surface area contributed by atoms with Gasteiger partial charge in [0.1, 0.15) is 24.4 Å². The Bertz CT molecular complexity index is 1370. The Morgan fingerprint density at radius 3 is 2.42 bits per heavy atom. The van der Waals surface area contributed by atoms with E-state index < -0.39 is 33.1 Å². The fourth-order valence-electron chi connectivity index (χ4n) is 4.78. The van der Waals surface area contributed by atoms with Gasteiger partial charge in [-0.1, -0.05) is 11.6 Å². The van der Waals surface area contributed by atoms with Gasteiger partial charge in [-0.05, 0) is 79.9 Å². The molecule has 0 spiro atoms. The van der Waals surface area contributed by atoms with E-state index >= 15 is 0 Å². The Morgan fingerprint density at radius 1 is 1.12 bits per heavy atom. The first-order valence-electron chi connectivity index (χ1n) is 12.8. The van der Waals surface area contributed by atoms with Crippen molar-refractivity contribution in [2.75, 3.05) is 32.7 Å². The highest BCUT2D eigenvalue weighted by Gasteiger charge is 2.35. The van der Waals surface area contributed by atoms with E-state index in [1.54, 1.807) is 12.1 Å². The van der Waals surface area contributed by atoms with Gasteiger partial charge in [0, 0.05) is 23.2 Å². The quantitative estimate of drug-likeness (QED) is 0.205. The van der Waals surface area contributed by atoms with Crippen molar-refractivity contribution in [2.45, 2.75) is 50.9 Å². The van der Waals surface area contributed by atoms with Crippen LogP contribution in [0.4, 0.5) is 17.6 Å². The van der Waals surface area contributed by atoms with E-state index in [2.05, 4.69) is 4.72 Å². The topological polar surface area (TPSA) is 91.7 Å². The van der Waals surface area contributed by atoms with Crippen molar-refractivity contribution < 1.29 is 35.5 Å². The number of nitrogens with zero attached hydrogens (tertiary/aromatic N) is 2. The highest BCUT2D eigenvalue weighted by molar-refractivity contribution is 7.88. The molecule has 0 unspecified atom stereocenters. The van der Waals surface area contributed by atoms with Crippen molar-refractivity contribution in [3.8, 4) is 11.8 Å². The molecule has 0 radical (unpaired) electrons. The minimum Gasteiger partial charge on any atom is -0.493 e. The maximum atomic E-state index is 14.8. The lowest BCUT2D eigenvalue weighted by Crippen LogP contribution is -2.35. The van der Waals surface area contributed by atoms with E-state index in [9.17, 15) is 31.2 Å². The van der Waals surface area contributed by atoms with Crippen LogP contribution in [0, 0.1) is 23.1 Å². The molecule has 1 aliphatic heterocycles. The first kappa shape index (κ1) is 30.5. The van der Waals surface area contributed by atoms with Gasteiger partial charge in [-0.15, -0.1) is 0 Å². The van der Waals surface area contributed by atoms with Gasteiger partial charge in [-0.3, -0.25) is 4.90 Å². The standard InChI is InChI=1S/C27H30ClF4N3O4S/c1-40(36,37)34-16-38-15-20-9-22(18-2-3-18)26(11-25(20)29)39-14-17-4-6-35(7-5-17)13-19-8-21(28)10-24(23(19)12-33)27(30,31)32/h8-11,17-18,34H,2-7,13-16H2,1H3. The van der Waals surface area contributed by atoms with Gasteiger partial charge < -0.3 is 9.47 Å². The van der Waals surface area contributed by atoms with Crippen LogP contribution < -0.4 is 9.46 Å². The van der Waals surface area contributed by atoms with Gasteiger partial charge >= 0.3 is 6.18 Å². The van der Waals surface area contributed by atoms with Gasteiger partial charge in [0.2, 0.25) is 10.0 Å². The molecule has 0 atom stereocenters. The summed E-state index contributed by atoms with van der Waals surface area (Å²) in [7, 11) is -3.41. The average molecular weight is 604 g/mol. The maximum Gasteiger partial charge on any atom is 0.417 e. The molecular weight excluding hydrogens is 574 g/mol. The van der Waals surface area contributed by atoms with Crippen LogP contribution in [-0.4, -0.2) is 46.0 Å². The largest absolute Gasteiger partial charge is 0.493 e. The van der Waals surface area contributed by atoms with E-state index in [0.29, 0.717) is 31.0 Å². The van der Waals surface area contributed by atoms with Gasteiger partial charge in [0.05, 0.1) is 30.6 Å². The third-order valence-corrected chi connectivity index (χ3v) is 7.91. The maximum absolute atomic E-state index is 14.8. The third kappa shape index (κ3) is 8.30. The molecule has 2 fully saturated rings. The minimum atomic E-state index is -4.67. The van der Waals surface area contributed by atoms with Gasteiger partial charge in [0.15, 0.2) is 0 Å². The number of likely N-dealkylation sites (tertiary alicyclic amines) is 1. The van der Waals surface area contributed by atoms with E-state index in [4.69, 9.17) is 21.1 Å². The summed E-state index contributed by atoms with van der Waals surface area (Å²) >= 11 is 5.93. The zero-order chi connectivity index (χ0) is 29.1. The Labute approximate surface area is 236 Å². The Morgan fingerprint density at radius 2 is 1.82 bits per heavy atom. The predicted molar refractivity (Wildman–Crippen MR) is 141 cm³/mol. The van der Waals surface area contributed by atoms with Crippen molar-refractivity contribution >= 4 is 21.6 Å². The summed E-state index contributed by atoms with van der Waals surface area (Å²) in [6.45, 7) is 1.42. The molecule has 0 aromatic heterocycles. The summed E-state index contributed by atoms with van der Waals surface area (Å²) in [5.74, 6) is 0.440. The number of piperidine rings is 1. The summed E-state index contributed by atoms with van der Waals surface area (Å²) in [6.07, 6.45) is -0.255. The number of ether oxygens (including phenoxy) is 2. The van der Waals surface area contributed by atoms with Crippen molar-refractivity contribution in [1.29, 1.82) is 5.26 Å². The number of benzene rings is 2. The second-order valence-corrected chi connectivity index (χ2v) is 12.6. The van der Waals surface area contributed by atoms with E-state index in [-0.39, 0.29) is 42.3 Å². The number of alkyl halides is 3. The zero-order valence-electron chi connectivity index (χ0n) is 21.9. The van der Waals surface area contributed by atoms with Crippen molar-refractivity contribution in [3.63, 3.8) is 0 Å². The van der Waals surface area contributed by atoms with Crippen LogP contribution in [0.1, 0.15) is 59.4 Å². The number of rotatable bonds is 11. The molecule has 1 N–H and O–H groups in total. The normalized spacial score (nSPS) is 17.1. The summed E-state index contributed by atoms with van der Waals surface area (Å²) in [6, 6.07) is 6.96. The Kier molecular flexibility index (Phi) is 9.62. The first-order valence-corrected chi connectivity index (χ1v) is 15.1. The minimum absolute atomic E-state index is 0.0635. The molecule has 40 heavy (non-hydrogen) atoms. The second kappa shape index (κ2) is 12.6. The fourth-order valence-corrected chi connectivity index (χ4v) is 5.32. The molecule has 1 saturated heterocycles. The number of nitriles is 1. The molecule has 1 heterocycles. The van der Waals surface area contributed by atoms with Crippen LogP contribution in [0.25, 0.3) is 0 Å². The highest BCUT2D eigenvalue weighted by atomic mass is 35.5. The number of hydrogen-bond acceptors (Lipinski definition) is 6. The number of nitrogens with one attached hydrogen (secondary N) is 1. The number of hydrogen-bond donors (Lipinski definition) is 1. The van der Waals surface area contributed by atoms with Crippen molar-refractivity contribution in [2.24, 2.45) is 5.92 Å². The highest BCUT2D eigenvalue weighted by Crippen LogP contribution is 2.45. The molecule has 0 amide bonds. The predicted octanol–water partition coefficient (Wildman–Crippen LogP) is 5.56. The van der Waals surface area contributed by atoms with Crippen molar-refractivity contribution in [3.05, 3.63) is 62.9 Å². The van der Waals surface area contributed by atoms with E-state index in [1.807, 2.05) is 4.90 Å². The molecule has 2 aromatic rings. The lowest BCUT2D eigenvalue weighted by molar-refractivity contribution is -0.137. The SMILES string of the molecule is CS(=O)(=O)NCOCc1cc(C2CC2)c(OCC2CCN(Cc3cc(Cl)cc(C(F)(F)F)c3C#N)CC2)cc1F. The monoisotopic (exact) mass is 603 g/mol. The number of halogens is 5. The second-order valence-electron chi connectivity index (χ2n) is 10.3. The first-order chi connectivity index (χ1) is 18.8. The molecule has 1 saturated carbocycles. The lowest BCUT2D eigenvalue weighted by atomic mass is 9.96. The molecular formula is C27H30ClF4N3O4S. The molecule has 13 heteroatoms. The van der Waals surface area contributed by atoms with Crippen LogP contribution in [0.2, 0.25) is 5.02 Å². The summed E-state index contributed by atoms with van der Waals surface area (Å²) in [5, 5.41) is 9.34. The Hall–Kier alpha value is -2.43. The van der Waals surface area contributed by atoms with Crippen LogP contribution in [-0.2, 0) is 34.1 Å². The van der Waals surface area contributed by atoms with Crippen molar-refractivity contribution in [1.82, 2.24) is 9.62 Å². The smallest absolute Gasteiger partial charge is 0.417 e. The molecule has 2 aliphatic rings. The van der Waals surface area contributed by atoms with Crippen LogP contribution in [0.3, 0.4) is 0 Å². The zero-order valence-corrected chi connectivity index (χ0v) is 23.4. The summed E-state index contributed by atoms with van der Waals surface area (Å²) in [5.41, 5.74) is 0.0427. The van der Waals surface area contributed by atoms with Gasteiger partial charge in [-0.2, -0.15) is 23.2 Å². The molecule has 7 nitrogen and oxygen atoms in total. The number of sulfonamides is 1. The molecule has 1 aliphatic carbocycles. The molecule has 0 bridgehead atoms. The fraction of sp³-hybridized carbons (Fsp3) is 0.519. The van der Waals surface area contributed by atoms with Crippen LogP contribution in [0.5, 0.6) is 5.75 Å². The van der Waals surface area contributed by atoms with E-state index in [1.165, 1.54) is 12.1 Å². The molecule has 4 rings (SSSR count). The summed E-state index contributed by atoms with van der Waals surface area (Å²) in [4.78, 5) is 1.99. The van der Waals surface area contributed by atoms with Crippen LogP contribution in [0.15, 0.2) is 24.3 Å². The van der Waals surface area contributed by atoms with Crippen LogP contribution >= 0.6 is 11.6 Å². The van der Waals surface area contributed by atoms with Gasteiger partial charge in [-0.25, -0.2) is 12.8 Å². The lowest BCUT2D eigenvalue weighted by Gasteiger charge is -2.32.